The number of aromatic nitrogens is 1. The summed E-state index contributed by atoms with van der Waals surface area (Å²) in [5.41, 5.74) is 1.35. The molecule has 1 aromatic rings. The van der Waals surface area contributed by atoms with Crippen molar-refractivity contribution < 1.29 is 4.79 Å². The number of carbonyl (C=O) groups excluding carboxylic acids is 1. The molecule has 0 saturated heterocycles. The molecule has 0 aromatic carbocycles. The fraction of sp³-hybridized carbons (Fsp3) is 0.462. The van der Waals surface area contributed by atoms with Crippen LogP contribution in [0.3, 0.4) is 0 Å². The van der Waals surface area contributed by atoms with Crippen molar-refractivity contribution in [1.82, 2.24) is 10.3 Å². The summed E-state index contributed by atoms with van der Waals surface area (Å²) < 4.78 is 0. The van der Waals surface area contributed by atoms with Gasteiger partial charge in [-0.05, 0) is 25.0 Å². The summed E-state index contributed by atoms with van der Waals surface area (Å²) in [5.74, 6) is -0.172. The molecule has 1 N–H and O–H groups in total. The van der Waals surface area contributed by atoms with E-state index >= 15 is 0 Å². The Labute approximate surface area is 112 Å². The topological polar surface area (TPSA) is 65.8 Å². The van der Waals surface area contributed by atoms with E-state index in [0.29, 0.717) is 30.1 Å². The third-order valence-corrected chi connectivity index (χ3v) is 2.56. The van der Waals surface area contributed by atoms with Gasteiger partial charge in [-0.2, -0.15) is 5.26 Å². The van der Waals surface area contributed by atoms with E-state index < -0.39 is 0 Å². The minimum absolute atomic E-state index is 0.172. The summed E-state index contributed by atoms with van der Waals surface area (Å²) >= 11 is 5.88. The maximum Gasteiger partial charge on any atom is 0.251 e. The zero-order valence-corrected chi connectivity index (χ0v) is 11.1. The molecule has 5 heteroatoms. The standard InChI is InChI=1S/C13H16ClN3O/c1-2-5-11-8-10(9-12(14)17-11)13(18)16-7-4-3-6-15/h8-9H,2-5,7H2,1H3,(H,16,18). The number of rotatable bonds is 6. The molecule has 1 rings (SSSR count). The van der Waals surface area contributed by atoms with E-state index in [4.69, 9.17) is 16.9 Å². The number of pyridine rings is 1. The van der Waals surface area contributed by atoms with Crippen molar-refractivity contribution in [2.24, 2.45) is 0 Å². The van der Waals surface area contributed by atoms with E-state index in [0.717, 1.165) is 18.5 Å². The lowest BCUT2D eigenvalue weighted by Crippen LogP contribution is -2.24. The second kappa shape index (κ2) is 7.67. The van der Waals surface area contributed by atoms with E-state index in [2.05, 4.69) is 10.3 Å². The highest BCUT2D eigenvalue weighted by molar-refractivity contribution is 6.29. The molecule has 0 radical (unpaired) electrons. The summed E-state index contributed by atoms with van der Waals surface area (Å²) in [6.45, 7) is 2.54. The van der Waals surface area contributed by atoms with Crippen LogP contribution in [0.15, 0.2) is 12.1 Å². The van der Waals surface area contributed by atoms with Gasteiger partial charge in [0.2, 0.25) is 0 Å². The van der Waals surface area contributed by atoms with Crippen LogP contribution in [0.5, 0.6) is 0 Å². The number of carbonyl (C=O) groups is 1. The number of nitriles is 1. The number of hydrogen-bond acceptors (Lipinski definition) is 3. The van der Waals surface area contributed by atoms with Crippen LogP contribution in [0.2, 0.25) is 5.15 Å². The van der Waals surface area contributed by atoms with Gasteiger partial charge in [0.1, 0.15) is 5.15 Å². The Morgan fingerprint density at radius 1 is 1.56 bits per heavy atom. The number of unbranched alkanes of at least 4 members (excludes halogenated alkanes) is 1. The first-order valence-electron chi connectivity index (χ1n) is 5.99. The zero-order valence-electron chi connectivity index (χ0n) is 10.4. The Kier molecular flexibility index (Phi) is 6.16. The lowest BCUT2D eigenvalue weighted by molar-refractivity contribution is 0.0953. The first kappa shape index (κ1) is 14.5. The van der Waals surface area contributed by atoms with Gasteiger partial charge in [0.15, 0.2) is 0 Å². The van der Waals surface area contributed by atoms with Gasteiger partial charge in [-0.3, -0.25) is 4.79 Å². The van der Waals surface area contributed by atoms with Gasteiger partial charge in [0.05, 0.1) is 6.07 Å². The average Bonchev–Trinajstić information content (AvgIpc) is 2.34. The fourth-order valence-electron chi connectivity index (χ4n) is 1.54. The number of aryl methyl sites for hydroxylation is 1. The molecule has 96 valence electrons. The minimum Gasteiger partial charge on any atom is -0.352 e. The monoisotopic (exact) mass is 265 g/mol. The van der Waals surface area contributed by atoms with Crippen LogP contribution < -0.4 is 5.32 Å². The molecule has 0 spiro atoms. The molecular weight excluding hydrogens is 250 g/mol. The molecule has 0 aliphatic carbocycles. The largest absolute Gasteiger partial charge is 0.352 e. The summed E-state index contributed by atoms with van der Waals surface area (Å²) in [5, 5.41) is 11.5. The van der Waals surface area contributed by atoms with E-state index in [1.165, 1.54) is 0 Å². The van der Waals surface area contributed by atoms with E-state index in [9.17, 15) is 4.79 Å². The van der Waals surface area contributed by atoms with E-state index in [1.54, 1.807) is 12.1 Å². The average molecular weight is 266 g/mol. The van der Waals surface area contributed by atoms with Gasteiger partial charge in [0, 0.05) is 24.2 Å². The van der Waals surface area contributed by atoms with Crippen LogP contribution >= 0.6 is 11.6 Å². The first-order valence-corrected chi connectivity index (χ1v) is 6.36. The Balaban J connectivity index is 2.64. The molecule has 0 aliphatic heterocycles. The maximum absolute atomic E-state index is 11.8. The molecule has 0 unspecified atom stereocenters. The number of hydrogen-bond donors (Lipinski definition) is 1. The van der Waals surface area contributed by atoms with Gasteiger partial charge in [-0.1, -0.05) is 24.9 Å². The predicted octanol–water partition coefficient (Wildman–Crippen LogP) is 2.72. The predicted molar refractivity (Wildman–Crippen MR) is 70.4 cm³/mol. The summed E-state index contributed by atoms with van der Waals surface area (Å²) in [4.78, 5) is 16.0. The molecule has 0 atom stereocenters. The second-order valence-electron chi connectivity index (χ2n) is 3.94. The van der Waals surface area contributed by atoms with Crippen molar-refractivity contribution in [3.8, 4) is 6.07 Å². The number of halogens is 1. The minimum atomic E-state index is -0.172. The molecule has 1 amide bonds. The highest BCUT2D eigenvalue weighted by atomic mass is 35.5. The van der Waals surface area contributed by atoms with E-state index in [1.807, 2.05) is 13.0 Å². The molecule has 0 saturated carbocycles. The normalized spacial score (nSPS) is 9.83. The first-order chi connectivity index (χ1) is 8.67. The third-order valence-electron chi connectivity index (χ3n) is 2.37. The summed E-state index contributed by atoms with van der Waals surface area (Å²) in [7, 11) is 0. The van der Waals surface area contributed by atoms with Crippen molar-refractivity contribution in [3.05, 3.63) is 28.5 Å². The van der Waals surface area contributed by atoms with Gasteiger partial charge < -0.3 is 5.32 Å². The quantitative estimate of drug-likeness (QED) is 0.635. The van der Waals surface area contributed by atoms with Crippen molar-refractivity contribution in [3.63, 3.8) is 0 Å². The molecule has 0 bridgehead atoms. The smallest absolute Gasteiger partial charge is 0.251 e. The lowest BCUT2D eigenvalue weighted by atomic mass is 10.1. The lowest BCUT2D eigenvalue weighted by Gasteiger charge is -2.06. The number of nitrogens with zero attached hydrogens (tertiary/aromatic N) is 2. The molecular formula is C13H16ClN3O. The molecule has 18 heavy (non-hydrogen) atoms. The number of nitrogens with one attached hydrogen (secondary N) is 1. The van der Waals surface area contributed by atoms with Gasteiger partial charge in [-0.25, -0.2) is 4.98 Å². The van der Waals surface area contributed by atoms with Crippen LogP contribution in [-0.4, -0.2) is 17.4 Å². The highest BCUT2D eigenvalue weighted by Crippen LogP contribution is 2.12. The van der Waals surface area contributed by atoms with Gasteiger partial charge in [-0.15, -0.1) is 0 Å². The maximum atomic E-state index is 11.8. The van der Waals surface area contributed by atoms with Crippen LogP contribution in [0.4, 0.5) is 0 Å². The molecule has 0 fully saturated rings. The molecule has 0 aliphatic rings. The highest BCUT2D eigenvalue weighted by Gasteiger charge is 2.08. The van der Waals surface area contributed by atoms with E-state index in [-0.39, 0.29) is 5.91 Å². The fourth-order valence-corrected chi connectivity index (χ4v) is 1.76. The number of amides is 1. The van der Waals surface area contributed by atoms with Crippen LogP contribution in [-0.2, 0) is 6.42 Å². The van der Waals surface area contributed by atoms with Gasteiger partial charge in [0.25, 0.3) is 5.91 Å². The Bertz CT molecular complexity index is 454. The summed E-state index contributed by atoms with van der Waals surface area (Å²) in [6.07, 6.45) is 2.85. The SMILES string of the molecule is CCCc1cc(C(=O)NCCCC#N)cc(Cl)n1. The van der Waals surface area contributed by atoms with Crippen LogP contribution in [0, 0.1) is 11.3 Å². The second-order valence-corrected chi connectivity index (χ2v) is 4.32. The van der Waals surface area contributed by atoms with Crippen molar-refractivity contribution in [2.75, 3.05) is 6.54 Å². The Hall–Kier alpha value is -1.60. The molecule has 1 heterocycles. The van der Waals surface area contributed by atoms with Gasteiger partial charge >= 0.3 is 0 Å². The Morgan fingerprint density at radius 2 is 2.33 bits per heavy atom. The zero-order chi connectivity index (χ0) is 13.4. The molecule has 1 aromatic heterocycles. The Morgan fingerprint density at radius 3 is 3.00 bits per heavy atom. The van der Waals surface area contributed by atoms with Crippen LogP contribution in [0.25, 0.3) is 0 Å². The van der Waals surface area contributed by atoms with Crippen molar-refractivity contribution in [2.45, 2.75) is 32.6 Å². The summed E-state index contributed by atoms with van der Waals surface area (Å²) in [6, 6.07) is 5.35. The van der Waals surface area contributed by atoms with Crippen molar-refractivity contribution >= 4 is 17.5 Å². The molecule has 4 nitrogen and oxygen atoms in total. The third kappa shape index (κ3) is 4.72. The van der Waals surface area contributed by atoms with Crippen LogP contribution in [0.1, 0.15) is 42.2 Å². The van der Waals surface area contributed by atoms with Crippen molar-refractivity contribution in [1.29, 1.82) is 5.26 Å².